The monoisotopic (exact) mass is 396 g/mol. The van der Waals surface area contributed by atoms with Crippen LogP contribution in [0.3, 0.4) is 0 Å². The van der Waals surface area contributed by atoms with Crippen molar-refractivity contribution in [3.8, 4) is 17.3 Å². The fourth-order valence-electron chi connectivity index (χ4n) is 3.37. The second-order valence-electron chi connectivity index (χ2n) is 6.92. The van der Waals surface area contributed by atoms with Gasteiger partial charge in [0.05, 0.1) is 12.8 Å². The highest BCUT2D eigenvalue weighted by atomic mass is 32.1. The molecule has 1 aliphatic carbocycles. The Balaban J connectivity index is 1.49. The summed E-state index contributed by atoms with van der Waals surface area (Å²) in [6.45, 7) is 2.94. The second-order valence-corrected chi connectivity index (χ2v) is 7.30. The standard InChI is InChI=1S/C20H24N6OS/c1-2-3-4-12-27-15-10-8-14(9-11-15)13-21-26-19(24-25-20(26)28)18-16-6-5-7-17(16)22-23-18/h8-11,13H,2-7,12H2,1H3,(H,22,23)(H,25,28). The van der Waals surface area contributed by atoms with Gasteiger partial charge in [-0.05, 0) is 67.7 Å². The molecule has 4 rings (SSSR count). The van der Waals surface area contributed by atoms with E-state index in [2.05, 4.69) is 32.4 Å². The van der Waals surface area contributed by atoms with Gasteiger partial charge in [-0.25, -0.2) is 5.10 Å². The molecule has 146 valence electrons. The molecule has 0 unspecified atom stereocenters. The molecule has 0 fully saturated rings. The Bertz CT molecular complexity index is 1010. The van der Waals surface area contributed by atoms with Gasteiger partial charge in [-0.15, -0.1) is 0 Å². The lowest BCUT2D eigenvalue weighted by atomic mass is 10.2. The number of aromatic amines is 2. The van der Waals surface area contributed by atoms with Crippen LogP contribution in [-0.4, -0.2) is 37.9 Å². The maximum absolute atomic E-state index is 5.75. The zero-order valence-corrected chi connectivity index (χ0v) is 16.8. The summed E-state index contributed by atoms with van der Waals surface area (Å²) in [4.78, 5) is 0. The van der Waals surface area contributed by atoms with Crippen LogP contribution in [0.25, 0.3) is 11.5 Å². The SMILES string of the molecule is CCCCCOc1ccc(C=Nn2c(-c3n[nH]c4c3CCC4)n[nH]c2=S)cc1. The van der Waals surface area contributed by atoms with Crippen molar-refractivity contribution in [3.63, 3.8) is 0 Å². The van der Waals surface area contributed by atoms with Crippen molar-refractivity contribution in [1.82, 2.24) is 25.1 Å². The summed E-state index contributed by atoms with van der Waals surface area (Å²) in [6.07, 6.45) is 8.41. The number of aromatic nitrogens is 5. The first-order chi connectivity index (χ1) is 13.8. The number of unbranched alkanes of at least 4 members (excludes halogenated alkanes) is 2. The number of aryl methyl sites for hydroxylation is 1. The third-order valence-corrected chi connectivity index (χ3v) is 5.15. The average Bonchev–Trinajstić information content (AvgIpc) is 3.41. The highest BCUT2D eigenvalue weighted by Gasteiger charge is 2.23. The van der Waals surface area contributed by atoms with Gasteiger partial charge in [-0.3, -0.25) is 5.10 Å². The fraction of sp³-hybridized carbons (Fsp3) is 0.400. The molecular weight excluding hydrogens is 372 g/mol. The molecule has 3 aromatic rings. The Kier molecular flexibility index (Phi) is 5.66. The maximum Gasteiger partial charge on any atom is 0.216 e. The Morgan fingerprint density at radius 2 is 2.04 bits per heavy atom. The summed E-state index contributed by atoms with van der Waals surface area (Å²) in [5, 5.41) is 19.2. The van der Waals surface area contributed by atoms with E-state index in [9.17, 15) is 0 Å². The van der Waals surface area contributed by atoms with Crippen LogP contribution in [-0.2, 0) is 12.8 Å². The molecule has 0 bridgehead atoms. The highest BCUT2D eigenvalue weighted by molar-refractivity contribution is 7.71. The van der Waals surface area contributed by atoms with E-state index in [0.29, 0.717) is 10.6 Å². The fourth-order valence-corrected chi connectivity index (χ4v) is 3.55. The number of ether oxygens (including phenoxy) is 1. The van der Waals surface area contributed by atoms with E-state index in [0.717, 1.165) is 49.3 Å². The van der Waals surface area contributed by atoms with Crippen LogP contribution in [0.5, 0.6) is 5.75 Å². The van der Waals surface area contributed by atoms with Crippen LogP contribution in [0, 0.1) is 4.77 Å². The molecule has 0 amide bonds. The van der Waals surface area contributed by atoms with Crippen molar-refractivity contribution in [2.24, 2.45) is 5.10 Å². The van der Waals surface area contributed by atoms with Gasteiger partial charge in [0.25, 0.3) is 0 Å². The van der Waals surface area contributed by atoms with E-state index < -0.39 is 0 Å². The van der Waals surface area contributed by atoms with E-state index in [1.807, 2.05) is 24.3 Å². The van der Waals surface area contributed by atoms with Gasteiger partial charge in [0.2, 0.25) is 10.6 Å². The van der Waals surface area contributed by atoms with Gasteiger partial charge in [0.1, 0.15) is 11.4 Å². The van der Waals surface area contributed by atoms with Gasteiger partial charge < -0.3 is 4.74 Å². The number of H-pyrrole nitrogens is 2. The topological polar surface area (TPSA) is 83.9 Å². The molecule has 2 aromatic heterocycles. The number of hydrogen-bond acceptors (Lipinski definition) is 5. The number of rotatable bonds is 8. The Labute approximate surface area is 168 Å². The van der Waals surface area contributed by atoms with Crippen LogP contribution in [0.15, 0.2) is 29.4 Å². The van der Waals surface area contributed by atoms with Crippen LogP contribution >= 0.6 is 12.2 Å². The zero-order valence-electron chi connectivity index (χ0n) is 15.9. The smallest absolute Gasteiger partial charge is 0.216 e. The van der Waals surface area contributed by atoms with Crippen molar-refractivity contribution in [2.75, 3.05) is 6.61 Å². The molecule has 1 aromatic carbocycles. The molecule has 7 nitrogen and oxygen atoms in total. The molecule has 2 heterocycles. The minimum Gasteiger partial charge on any atom is -0.494 e. The lowest BCUT2D eigenvalue weighted by molar-refractivity contribution is 0.306. The Morgan fingerprint density at radius 1 is 1.18 bits per heavy atom. The number of nitrogens with one attached hydrogen (secondary N) is 2. The van der Waals surface area contributed by atoms with Crippen molar-refractivity contribution >= 4 is 18.4 Å². The van der Waals surface area contributed by atoms with Gasteiger partial charge >= 0.3 is 0 Å². The van der Waals surface area contributed by atoms with Gasteiger partial charge in [0.15, 0.2) is 0 Å². The summed E-state index contributed by atoms with van der Waals surface area (Å²) >= 11 is 5.35. The molecule has 0 saturated heterocycles. The molecule has 0 atom stereocenters. The first-order valence-corrected chi connectivity index (χ1v) is 10.2. The molecule has 0 aliphatic heterocycles. The number of hydrogen-bond donors (Lipinski definition) is 2. The first kappa shape index (κ1) is 18.6. The van der Waals surface area contributed by atoms with Gasteiger partial charge in [-0.1, -0.05) is 19.8 Å². The number of fused-ring (bicyclic) bond motifs is 1. The predicted molar refractivity (Wildman–Crippen MR) is 111 cm³/mol. The van der Waals surface area contributed by atoms with Crippen LogP contribution < -0.4 is 4.74 Å². The Morgan fingerprint density at radius 3 is 2.86 bits per heavy atom. The molecular formula is C20H24N6OS. The summed E-state index contributed by atoms with van der Waals surface area (Å²) in [5.41, 5.74) is 4.19. The van der Waals surface area contributed by atoms with Crippen LogP contribution in [0.2, 0.25) is 0 Å². The Hall–Kier alpha value is -2.74. The van der Waals surface area contributed by atoms with Crippen molar-refractivity contribution < 1.29 is 4.74 Å². The second kappa shape index (κ2) is 8.52. The molecule has 28 heavy (non-hydrogen) atoms. The molecule has 0 saturated carbocycles. The number of benzene rings is 1. The molecule has 0 radical (unpaired) electrons. The molecule has 8 heteroatoms. The third-order valence-electron chi connectivity index (χ3n) is 4.89. The van der Waals surface area contributed by atoms with Gasteiger partial charge in [-0.2, -0.15) is 20.0 Å². The average molecular weight is 397 g/mol. The van der Waals surface area contributed by atoms with Gasteiger partial charge in [0, 0.05) is 11.3 Å². The molecule has 1 aliphatic rings. The maximum atomic E-state index is 5.75. The van der Waals surface area contributed by atoms with Crippen molar-refractivity contribution in [2.45, 2.75) is 45.4 Å². The number of nitrogens with zero attached hydrogens (tertiary/aromatic N) is 4. The largest absolute Gasteiger partial charge is 0.494 e. The summed E-state index contributed by atoms with van der Waals surface area (Å²) < 4.78 is 7.82. The van der Waals surface area contributed by atoms with E-state index >= 15 is 0 Å². The third kappa shape index (κ3) is 3.91. The van der Waals surface area contributed by atoms with Crippen LogP contribution in [0.1, 0.15) is 49.4 Å². The minimum absolute atomic E-state index is 0.442. The first-order valence-electron chi connectivity index (χ1n) is 9.77. The molecule has 2 N–H and O–H groups in total. The van der Waals surface area contributed by atoms with E-state index in [4.69, 9.17) is 17.0 Å². The lowest BCUT2D eigenvalue weighted by Crippen LogP contribution is -1.98. The predicted octanol–water partition coefficient (Wildman–Crippen LogP) is 4.27. The normalized spacial score (nSPS) is 13.3. The highest BCUT2D eigenvalue weighted by Crippen LogP contribution is 2.29. The van der Waals surface area contributed by atoms with E-state index in [-0.39, 0.29) is 0 Å². The lowest BCUT2D eigenvalue weighted by Gasteiger charge is -2.05. The summed E-state index contributed by atoms with van der Waals surface area (Å²) in [6, 6.07) is 7.88. The van der Waals surface area contributed by atoms with Crippen LogP contribution in [0.4, 0.5) is 0 Å². The quantitative estimate of drug-likeness (QED) is 0.338. The summed E-state index contributed by atoms with van der Waals surface area (Å²) in [5.74, 6) is 1.51. The van der Waals surface area contributed by atoms with E-state index in [1.165, 1.54) is 24.1 Å². The zero-order chi connectivity index (χ0) is 19.3. The van der Waals surface area contributed by atoms with Crippen molar-refractivity contribution in [3.05, 3.63) is 45.9 Å². The minimum atomic E-state index is 0.442. The summed E-state index contributed by atoms with van der Waals surface area (Å²) in [7, 11) is 0. The van der Waals surface area contributed by atoms with E-state index in [1.54, 1.807) is 10.9 Å². The van der Waals surface area contributed by atoms with Crippen molar-refractivity contribution in [1.29, 1.82) is 0 Å². The molecule has 0 spiro atoms.